The zero-order chi connectivity index (χ0) is 24.5. The summed E-state index contributed by atoms with van der Waals surface area (Å²) in [6.45, 7) is 2.46. The van der Waals surface area contributed by atoms with E-state index in [9.17, 15) is 15.3 Å². The molecule has 8 heteroatoms. The lowest BCUT2D eigenvalue weighted by atomic mass is 10.1. The van der Waals surface area contributed by atoms with Crippen LogP contribution in [0, 0.1) is 26.2 Å². The van der Waals surface area contributed by atoms with Crippen molar-refractivity contribution in [3.8, 4) is 23.6 Å². The molecule has 34 heavy (non-hydrogen) atoms. The number of ether oxygens (including phenoxy) is 2. The van der Waals surface area contributed by atoms with Crippen LogP contribution < -0.4 is 14.8 Å². The molecule has 0 aromatic heterocycles. The lowest BCUT2D eigenvalue weighted by Crippen LogP contribution is -2.13. The van der Waals surface area contributed by atoms with Crippen molar-refractivity contribution in [3.05, 3.63) is 91.0 Å². The summed E-state index contributed by atoms with van der Waals surface area (Å²) in [6, 6.07) is 22.0. The fourth-order valence-electron chi connectivity index (χ4n) is 3.06. The summed E-state index contributed by atoms with van der Waals surface area (Å²) in [6.07, 6.45) is 1.51. The Bertz CT molecular complexity index is 1330. The molecule has 6 nitrogen and oxygen atoms in total. The van der Waals surface area contributed by atoms with E-state index in [4.69, 9.17) is 9.47 Å². The first-order valence-electron chi connectivity index (χ1n) is 10.2. The number of anilines is 1. The third-order valence-electron chi connectivity index (χ3n) is 4.60. The summed E-state index contributed by atoms with van der Waals surface area (Å²) in [5.74, 6) is 0.506. The molecule has 0 heterocycles. The van der Waals surface area contributed by atoms with Gasteiger partial charge in [0.2, 0.25) is 0 Å². The molecule has 0 bridgehead atoms. The van der Waals surface area contributed by atoms with Gasteiger partial charge in [-0.1, -0.05) is 40.2 Å². The normalized spacial score (nSPS) is 10.7. The van der Waals surface area contributed by atoms with Gasteiger partial charge < -0.3 is 14.8 Å². The van der Waals surface area contributed by atoms with Crippen molar-refractivity contribution in [1.29, 1.82) is 10.5 Å². The number of hydrogen-bond acceptors (Lipinski definition) is 5. The van der Waals surface area contributed by atoms with Crippen molar-refractivity contribution in [2.24, 2.45) is 0 Å². The zero-order valence-electron chi connectivity index (χ0n) is 18.1. The van der Waals surface area contributed by atoms with Crippen molar-refractivity contribution in [2.75, 3.05) is 11.9 Å². The summed E-state index contributed by atoms with van der Waals surface area (Å²) >= 11 is 5.48. The van der Waals surface area contributed by atoms with E-state index < -0.39 is 5.91 Å². The fourth-order valence-corrected chi connectivity index (χ4v) is 4.24. The first kappa shape index (κ1) is 25.3. The zero-order valence-corrected chi connectivity index (χ0v) is 21.9. The minimum atomic E-state index is -0.512. The molecule has 0 fully saturated rings. The Labute approximate surface area is 220 Å². The third-order valence-corrected chi connectivity index (χ3v) is 5.89. The molecule has 0 saturated carbocycles. The largest absolute Gasteiger partial charge is 0.490 e. The molecule has 0 aliphatic heterocycles. The maximum atomic E-state index is 12.6. The summed E-state index contributed by atoms with van der Waals surface area (Å²) < 4.78 is 13.4. The monoisotopic (exact) mass is 627 g/mol. The molecule has 3 aromatic rings. The highest BCUT2D eigenvalue weighted by atomic mass is 127. The topological polar surface area (TPSA) is 95.1 Å². The minimum absolute atomic E-state index is 0.0464. The van der Waals surface area contributed by atoms with Gasteiger partial charge in [-0.15, -0.1) is 0 Å². The standard InChI is InChI=1S/C26H19BrIN3O3/c1-2-33-24-12-17(10-20(15-30)26(32)31-22-9-5-8-21(27)13-22)11-23(28)25(24)34-16-19-7-4-3-6-18(19)14-29/h3-13H,2,16H2,1H3,(H,31,32)/b20-10-. The van der Waals surface area contributed by atoms with Crippen LogP contribution >= 0.6 is 38.5 Å². The Balaban J connectivity index is 1.87. The second-order valence-corrected chi connectivity index (χ2v) is 9.03. The number of nitrogens with zero attached hydrogens (tertiary/aromatic N) is 2. The smallest absolute Gasteiger partial charge is 0.266 e. The van der Waals surface area contributed by atoms with Gasteiger partial charge in [0.15, 0.2) is 11.5 Å². The molecule has 0 atom stereocenters. The maximum absolute atomic E-state index is 12.6. The average Bonchev–Trinajstić information content (AvgIpc) is 2.82. The summed E-state index contributed by atoms with van der Waals surface area (Å²) in [7, 11) is 0. The number of halogens is 2. The van der Waals surface area contributed by atoms with Gasteiger partial charge in [0.05, 0.1) is 21.8 Å². The Morgan fingerprint density at radius 1 is 1.12 bits per heavy atom. The molecule has 3 aromatic carbocycles. The number of hydrogen-bond donors (Lipinski definition) is 1. The highest BCUT2D eigenvalue weighted by Gasteiger charge is 2.15. The van der Waals surface area contributed by atoms with Gasteiger partial charge in [-0.3, -0.25) is 4.79 Å². The SMILES string of the molecule is CCOc1cc(/C=C(/C#N)C(=O)Nc2cccc(Br)c2)cc(I)c1OCc1ccccc1C#N. The number of carbonyl (C=O) groups is 1. The molecule has 170 valence electrons. The molecule has 0 unspecified atom stereocenters. The first-order valence-corrected chi connectivity index (χ1v) is 12.1. The van der Waals surface area contributed by atoms with Crippen LogP contribution in [0.3, 0.4) is 0 Å². The van der Waals surface area contributed by atoms with E-state index in [1.54, 1.807) is 42.5 Å². The van der Waals surface area contributed by atoms with E-state index in [0.29, 0.717) is 34.9 Å². The van der Waals surface area contributed by atoms with E-state index in [1.165, 1.54) is 6.08 Å². The number of rotatable bonds is 8. The van der Waals surface area contributed by atoms with Crippen molar-refractivity contribution in [3.63, 3.8) is 0 Å². The Hall–Kier alpha value is -3.34. The van der Waals surface area contributed by atoms with Gasteiger partial charge in [-0.05, 0) is 77.6 Å². The van der Waals surface area contributed by atoms with Gasteiger partial charge in [0, 0.05) is 15.7 Å². The van der Waals surface area contributed by atoms with Crippen molar-refractivity contribution < 1.29 is 14.3 Å². The second kappa shape index (κ2) is 12.2. The molecule has 0 aliphatic rings. The van der Waals surface area contributed by atoms with Gasteiger partial charge in [-0.2, -0.15) is 10.5 Å². The lowest BCUT2D eigenvalue weighted by Gasteiger charge is -2.15. The first-order chi connectivity index (χ1) is 16.4. The van der Waals surface area contributed by atoms with Crippen LogP contribution in [-0.4, -0.2) is 12.5 Å². The van der Waals surface area contributed by atoms with Crippen LogP contribution in [0.4, 0.5) is 5.69 Å². The molecule has 1 N–H and O–H groups in total. The summed E-state index contributed by atoms with van der Waals surface area (Å²) in [5.41, 5.74) is 2.47. The Morgan fingerprint density at radius 2 is 1.91 bits per heavy atom. The Kier molecular flexibility index (Phi) is 9.08. The predicted octanol–water partition coefficient (Wildman–Crippen LogP) is 6.45. The molecule has 1 amide bonds. The van der Waals surface area contributed by atoms with Gasteiger partial charge >= 0.3 is 0 Å². The van der Waals surface area contributed by atoms with Gasteiger partial charge in [0.1, 0.15) is 18.2 Å². The van der Waals surface area contributed by atoms with E-state index in [0.717, 1.165) is 13.6 Å². The third kappa shape index (κ3) is 6.60. The highest BCUT2D eigenvalue weighted by molar-refractivity contribution is 14.1. The lowest BCUT2D eigenvalue weighted by molar-refractivity contribution is -0.112. The Morgan fingerprint density at radius 3 is 2.62 bits per heavy atom. The quantitative estimate of drug-likeness (QED) is 0.176. The average molecular weight is 628 g/mol. The van der Waals surface area contributed by atoms with E-state index in [1.807, 2.05) is 31.2 Å². The minimum Gasteiger partial charge on any atom is -0.490 e. The molecule has 3 rings (SSSR count). The van der Waals surface area contributed by atoms with E-state index in [2.05, 4.69) is 49.9 Å². The van der Waals surface area contributed by atoms with Gasteiger partial charge in [-0.25, -0.2) is 0 Å². The van der Waals surface area contributed by atoms with Crippen LogP contribution in [0.1, 0.15) is 23.6 Å². The molecule has 0 radical (unpaired) electrons. The van der Waals surface area contributed by atoms with E-state index in [-0.39, 0.29) is 12.2 Å². The highest BCUT2D eigenvalue weighted by Crippen LogP contribution is 2.35. The van der Waals surface area contributed by atoms with Crippen molar-refractivity contribution in [2.45, 2.75) is 13.5 Å². The van der Waals surface area contributed by atoms with Crippen molar-refractivity contribution in [1.82, 2.24) is 0 Å². The second-order valence-electron chi connectivity index (χ2n) is 6.95. The molecular formula is C26H19BrIN3O3. The molecule has 0 aliphatic carbocycles. The predicted molar refractivity (Wildman–Crippen MR) is 142 cm³/mol. The van der Waals surface area contributed by atoms with Crippen molar-refractivity contribution >= 4 is 56.2 Å². The van der Waals surface area contributed by atoms with Crippen LogP contribution in [0.5, 0.6) is 11.5 Å². The number of carbonyl (C=O) groups excluding carboxylic acids is 1. The number of nitrogens with one attached hydrogen (secondary N) is 1. The molecule has 0 spiro atoms. The molecular weight excluding hydrogens is 609 g/mol. The van der Waals surface area contributed by atoms with Crippen LogP contribution in [0.15, 0.2) is 70.7 Å². The van der Waals surface area contributed by atoms with Crippen LogP contribution in [0.2, 0.25) is 0 Å². The van der Waals surface area contributed by atoms with Crippen LogP contribution in [0.25, 0.3) is 6.08 Å². The van der Waals surface area contributed by atoms with Gasteiger partial charge in [0.25, 0.3) is 5.91 Å². The number of nitriles is 2. The fraction of sp³-hybridized carbons (Fsp3) is 0.115. The number of benzene rings is 3. The van der Waals surface area contributed by atoms with E-state index >= 15 is 0 Å². The number of amides is 1. The molecule has 0 saturated heterocycles. The summed E-state index contributed by atoms with van der Waals surface area (Å²) in [4.78, 5) is 12.6. The summed E-state index contributed by atoms with van der Waals surface area (Å²) in [5, 5.41) is 21.6. The maximum Gasteiger partial charge on any atom is 0.266 e. The van der Waals surface area contributed by atoms with Crippen LogP contribution in [-0.2, 0) is 11.4 Å².